The Morgan fingerprint density at radius 2 is 2.17 bits per heavy atom. The van der Waals surface area contributed by atoms with E-state index in [-0.39, 0.29) is 11.7 Å². The van der Waals surface area contributed by atoms with Crippen molar-refractivity contribution in [3.8, 4) is 5.75 Å². The quantitative estimate of drug-likeness (QED) is 0.639. The van der Waals surface area contributed by atoms with Gasteiger partial charge in [-0.05, 0) is 43.2 Å². The van der Waals surface area contributed by atoms with Crippen LogP contribution in [0.25, 0.3) is 6.08 Å². The number of hydrogen-bond acceptors (Lipinski definition) is 5. The molecule has 5 nitrogen and oxygen atoms in total. The van der Waals surface area contributed by atoms with Gasteiger partial charge in [0.1, 0.15) is 5.75 Å². The SMILES string of the molecule is COc1ccc(C(=O)C=Cc2scnc2C2CC2)cc1NC(C)=O. The minimum atomic E-state index is -0.216. The van der Waals surface area contributed by atoms with Crippen LogP contribution in [0, 0.1) is 0 Å². The molecule has 3 rings (SSSR count). The van der Waals surface area contributed by atoms with E-state index in [0.29, 0.717) is 22.9 Å². The van der Waals surface area contributed by atoms with Crippen molar-refractivity contribution in [1.29, 1.82) is 0 Å². The molecule has 0 radical (unpaired) electrons. The van der Waals surface area contributed by atoms with Gasteiger partial charge in [0, 0.05) is 18.4 Å². The van der Waals surface area contributed by atoms with Crippen molar-refractivity contribution in [1.82, 2.24) is 4.98 Å². The van der Waals surface area contributed by atoms with Gasteiger partial charge in [-0.25, -0.2) is 4.98 Å². The number of rotatable bonds is 6. The summed E-state index contributed by atoms with van der Waals surface area (Å²) in [6.07, 6.45) is 5.74. The molecule has 1 saturated carbocycles. The lowest BCUT2D eigenvalue weighted by molar-refractivity contribution is -0.114. The fourth-order valence-electron chi connectivity index (χ4n) is 2.45. The first kappa shape index (κ1) is 16.4. The Balaban J connectivity index is 1.80. The molecule has 6 heteroatoms. The molecule has 1 heterocycles. The number of amides is 1. The zero-order valence-corrected chi connectivity index (χ0v) is 14.4. The topological polar surface area (TPSA) is 68.3 Å². The van der Waals surface area contributed by atoms with E-state index in [0.717, 1.165) is 10.6 Å². The minimum absolute atomic E-state index is 0.126. The number of aromatic nitrogens is 1. The summed E-state index contributed by atoms with van der Waals surface area (Å²) in [6.45, 7) is 1.41. The zero-order valence-electron chi connectivity index (χ0n) is 13.5. The maximum Gasteiger partial charge on any atom is 0.221 e. The molecule has 2 aromatic rings. The number of ether oxygens (including phenoxy) is 1. The van der Waals surface area contributed by atoms with Crippen molar-refractivity contribution in [2.24, 2.45) is 0 Å². The third-order valence-corrected chi connectivity index (χ3v) is 4.58. The van der Waals surface area contributed by atoms with Gasteiger partial charge in [-0.3, -0.25) is 9.59 Å². The second-order valence-corrected chi connectivity index (χ2v) is 6.56. The number of carbonyl (C=O) groups is 2. The van der Waals surface area contributed by atoms with E-state index in [2.05, 4.69) is 10.3 Å². The van der Waals surface area contributed by atoms with Gasteiger partial charge in [0.15, 0.2) is 5.78 Å². The molecule has 0 aliphatic heterocycles. The molecule has 1 aromatic heterocycles. The second-order valence-electron chi connectivity index (χ2n) is 5.67. The monoisotopic (exact) mass is 342 g/mol. The van der Waals surface area contributed by atoms with Crippen LogP contribution in [-0.4, -0.2) is 23.8 Å². The number of anilines is 1. The molecule has 124 valence electrons. The number of carbonyl (C=O) groups excluding carboxylic acids is 2. The van der Waals surface area contributed by atoms with Crippen molar-refractivity contribution < 1.29 is 14.3 Å². The summed E-state index contributed by atoms with van der Waals surface area (Å²) in [5.74, 6) is 0.731. The van der Waals surface area contributed by atoms with Gasteiger partial charge >= 0.3 is 0 Å². The molecule has 0 unspecified atom stereocenters. The summed E-state index contributed by atoms with van der Waals surface area (Å²) in [6, 6.07) is 4.99. The van der Waals surface area contributed by atoms with Crippen LogP contribution in [0.2, 0.25) is 0 Å². The van der Waals surface area contributed by atoms with Crippen LogP contribution in [-0.2, 0) is 4.79 Å². The van der Waals surface area contributed by atoms with Crippen LogP contribution in [0.5, 0.6) is 5.75 Å². The van der Waals surface area contributed by atoms with Crippen LogP contribution in [0.15, 0.2) is 29.8 Å². The first-order chi connectivity index (χ1) is 11.6. The fraction of sp³-hybridized carbons (Fsp3) is 0.278. The molecule has 24 heavy (non-hydrogen) atoms. The molecule has 1 aliphatic rings. The lowest BCUT2D eigenvalue weighted by Gasteiger charge is -2.09. The Kier molecular flexibility index (Phi) is 4.76. The van der Waals surface area contributed by atoms with E-state index < -0.39 is 0 Å². The molecular weight excluding hydrogens is 324 g/mol. The number of allylic oxidation sites excluding steroid dienone is 1. The fourth-order valence-corrected chi connectivity index (χ4v) is 3.21. The van der Waals surface area contributed by atoms with Gasteiger partial charge in [-0.2, -0.15) is 0 Å². The number of ketones is 1. The average molecular weight is 342 g/mol. The molecule has 1 aromatic carbocycles. The largest absolute Gasteiger partial charge is 0.495 e. The Morgan fingerprint density at radius 1 is 1.38 bits per heavy atom. The van der Waals surface area contributed by atoms with Gasteiger partial charge < -0.3 is 10.1 Å². The number of methoxy groups -OCH3 is 1. The predicted molar refractivity (Wildman–Crippen MR) is 94.8 cm³/mol. The summed E-state index contributed by atoms with van der Waals surface area (Å²) in [7, 11) is 1.52. The van der Waals surface area contributed by atoms with E-state index >= 15 is 0 Å². The smallest absolute Gasteiger partial charge is 0.221 e. The molecule has 0 atom stereocenters. The van der Waals surface area contributed by atoms with E-state index in [9.17, 15) is 9.59 Å². The lowest BCUT2D eigenvalue weighted by atomic mass is 10.1. The van der Waals surface area contributed by atoms with E-state index in [1.165, 1.54) is 26.9 Å². The van der Waals surface area contributed by atoms with Crippen molar-refractivity contribution in [2.75, 3.05) is 12.4 Å². The number of benzene rings is 1. The third kappa shape index (κ3) is 3.71. The third-order valence-electron chi connectivity index (χ3n) is 3.77. The molecule has 1 amide bonds. The van der Waals surface area contributed by atoms with Crippen molar-refractivity contribution in [2.45, 2.75) is 25.7 Å². The summed E-state index contributed by atoms with van der Waals surface area (Å²) in [5.41, 5.74) is 3.90. The molecule has 0 spiro atoms. The predicted octanol–water partition coefficient (Wildman–Crippen LogP) is 3.88. The highest BCUT2D eigenvalue weighted by molar-refractivity contribution is 7.10. The minimum Gasteiger partial charge on any atom is -0.495 e. The van der Waals surface area contributed by atoms with Gasteiger partial charge in [0.2, 0.25) is 5.91 Å². The number of nitrogens with one attached hydrogen (secondary N) is 1. The van der Waals surface area contributed by atoms with E-state index in [1.807, 2.05) is 11.6 Å². The first-order valence-corrected chi connectivity index (χ1v) is 8.58. The highest BCUT2D eigenvalue weighted by atomic mass is 32.1. The van der Waals surface area contributed by atoms with Crippen LogP contribution in [0.1, 0.15) is 46.6 Å². The van der Waals surface area contributed by atoms with Crippen LogP contribution in [0.4, 0.5) is 5.69 Å². The number of thiazole rings is 1. The molecule has 1 fully saturated rings. The lowest BCUT2D eigenvalue weighted by Crippen LogP contribution is -2.08. The number of nitrogens with zero attached hydrogens (tertiary/aromatic N) is 1. The summed E-state index contributed by atoms with van der Waals surface area (Å²) >= 11 is 1.55. The normalized spacial score (nSPS) is 13.9. The van der Waals surface area contributed by atoms with Crippen LogP contribution in [0.3, 0.4) is 0 Å². The maximum atomic E-state index is 12.4. The van der Waals surface area contributed by atoms with Gasteiger partial charge in [-0.1, -0.05) is 0 Å². The summed E-state index contributed by atoms with van der Waals surface area (Å²) < 4.78 is 5.20. The molecule has 1 aliphatic carbocycles. The molecular formula is C18H18N2O3S. The average Bonchev–Trinajstić information content (AvgIpc) is 3.30. The van der Waals surface area contributed by atoms with Crippen LogP contribution < -0.4 is 10.1 Å². The Labute approximate surface area is 144 Å². The summed E-state index contributed by atoms with van der Waals surface area (Å²) in [4.78, 5) is 29.1. The zero-order chi connectivity index (χ0) is 17.1. The van der Waals surface area contributed by atoms with Gasteiger partial charge in [0.25, 0.3) is 0 Å². The first-order valence-electron chi connectivity index (χ1n) is 7.70. The van der Waals surface area contributed by atoms with E-state index in [1.54, 1.807) is 35.6 Å². The van der Waals surface area contributed by atoms with Crippen molar-refractivity contribution in [3.63, 3.8) is 0 Å². The standard InChI is InChI=1S/C18H18N2O3S/c1-11(21)20-14-9-13(5-7-16(14)23-2)15(22)6-8-17-18(12-3-4-12)19-10-24-17/h5-10,12H,3-4H2,1-2H3,(H,20,21). The van der Waals surface area contributed by atoms with Gasteiger partial charge in [-0.15, -0.1) is 11.3 Å². The Bertz CT molecular complexity index is 806. The second kappa shape index (κ2) is 6.97. The van der Waals surface area contributed by atoms with Crippen molar-refractivity contribution in [3.05, 3.63) is 45.9 Å². The Hall–Kier alpha value is -2.47. The van der Waals surface area contributed by atoms with Gasteiger partial charge in [0.05, 0.1) is 28.9 Å². The van der Waals surface area contributed by atoms with Crippen molar-refractivity contribution >= 4 is 34.8 Å². The number of hydrogen-bond donors (Lipinski definition) is 1. The highest BCUT2D eigenvalue weighted by Crippen LogP contribution is 2.42. The maximum absolute atomic E-state index is 12.4. The highest BCUT2D eigenvalue weighted by Gasteiger charge is 2.27. The van der Waals surface area contributed by atoms with E-state index in [4.69, 9.17) is 4.74 Å². The Morgan fingerprint density at radius 3 is 2.83 bits per heavy atom. The molecule has 1 N–H and O–H groups in total. The van der Waals surface area contributed by atoms with Crippen LogP contribution >= 0.6 is 11.3 Å². The molecule has 0 saturated heterocycles. The molecule has 0 bridgehead atoms. The summed E-state index contributed by atoms with van der Waals surface area (Å²) in [5, 5.41) is 2.67.